The molecule has 1 aromatic heterocycles. The summed E-state index contributed by atoms with van der Waals surface area (Å²) in [6.45, 7) is 3.80. The molecule has 0 amide bonds. The number of anilines is 1. The predicted octanol–water partition coefficient (Wildman–Crippen LogP) is 1.29. The number of nitrogens with two attached hydrogens (primary N) is 1. The van der Waals surface area contributed by atoms with Crippen molar-refractivity contribution >= 4 is 5.69 Å². The molecule has 0 fully saturated rings. The number of nitrogen functional groups attached to an aromatic ring is 1. The Hall–Kier alpha value is -1.23. The van der Waals surface area contributed by atoms with E-state index < -0.39 is 0 Å². The minimum absolute atomic E-state index is 0.674. The molecule has 5 heteroatoms. The van der Waals surface area contributed by atoms with Crippen molar-refractivity contribution < 1.29 is 4.74 Å². The molecule has 98 valence electrons. The van der Waals surface area contributed by atoms with Gasteiger partial charge in [0.2, 0.25) is 5.88 Å². The Balaban J connectivity index is 2.52. The zero-order valence-corrected chi connectivity index (χ0v) is 11.4. The zero-order chi connectivity index (χ0) is 12.8. The molecule has 1 heterocycles. The van der Waals surface area contributed by atoms with Crippen LogP contribution in [0.15, 0.2) is 0 Å². The van der Waals surface area contributed by atoms with Crippen molar-refractivity contribution in [1.82, 2.24) is 14.7 Å². The molecule has 1 rings (SSSR count). The summed E-state index contributed by atoms with van der Waals surface area (Å²) >= 11 is 0. The second kappa shape index (κ2) is 6.49. The Morgan fingerprint density at radius 3 is 2.71 bits per heavy atom. The van der Waals surface area contributed by atoms with Crippen LogP contribution in [0.5, 0.6) is 5.88 Å². The van der Waals surface area contributed by atoms with Gasteiger partial charge in [-0.25, -0.2) is 4.68 Å². The van der Waals surface area contributed by atoms with Crippen molar-refractivity contribution in [2.24, 2.45) is 7.05 Å². The van der Waals surface area contributed by atoms with Gasteiger partial charge in [0.15, 0.2) is 0 Å². The van der Waals surface area contributed by atoms with Gasteiger partial charge in [-0.1, -0.05) is 13.3 Å². The van der Waals surface area contributed by atoms with Gasteiger partial charge in [0.1, 0.15) is 5.69 Å². The maximum atomic E-state index is 6.01. The predicted molar refractivity (Wildman–Crippen MR) is 70.3 cm³/mol. The highest BCUT2D eigenvalue weighted by molar-refractivity contribution is 5.53. The fourth-order valence-electron chi connectivity index (χ4n) is 1.72. The molecule has 0 atom stereocenters. The van der Waals surface area contributed by atoms with Gasteiger partial charge < -0.3 is 15.4 Å². The lowest BCUT2D eigenvalue weighted by molar-refractivity contribution is 0.264. The van der Waals surface area contributed by atoms with E-state index in [-0.39, 0.29) is 0 Å². The number of aryl methyl sites for hydroxylation is 2. The number of hydrogen-bond donors (Lipinski definition) is 1. The van der Waals surface area contributed by atoms with E-state index in [9.17, 15) is 0 Å². The van der Waals surface area contributed by atoms with Gasteiger partial charge in [0.05, 0.1) is 12.3 Å². The van der Waals surface area contributed by atoms with E-state index in [0.717, 1.165) is 31.5 Å². The molecule has 0 saturated carbocycles. The van der Waals surface area contributed by atoms with Gasteiger partial charge in [0.25, 0.3) is 0 Å². The largest absolute Gasteiger partial charge is 0.476 e. The van der Waals surface area contributed by atoms with Gasteiger partial charge >= 0.3 is 0 Å². The molecule has 17 heavy (non-hydrogen) atoms. The van der Waals surface area contributed by atoms with Crippen LogP contribution in [0.25, 0.3) is 0 Å². The molecular weight excluding hydrogens is 216 g/mol. The SMILES string of the molecule is CCCc1nn(C)c(OCCCN(C)C)c1N. The number of aromatic nitrogens is 2. The lowest BCUT2D eigenvalue weighted by Gasteiger charge is -2.10. The van der Waals surface area contributed by atoms with E-state index in [1.807, 2.05) is 7.05 Å². The number of rotatable bonds is 7. The summed E-state index contributed by atoms with van der Waals surface area (Å²) in [5.41, 5.74) is 7.65. The minimum Gasteiger partial charge on any atom is -0.476 e. The summed E-state index contributed by atoms with van der Waals surface area (Å²) in [7, 11) is 5.98. The van der Waals surface area contributed by atoms with Crippen molar-refractivity contribution in [3.8, 4) is 5.88 Å². The lowest BCUT2D eigenvalue weighted by atomic mass is 10.2. The third kappa shape index (κ3) is 3.93. The van der Waals surface area contributed by atoms with E-state index in [1.165, 1.54) is 0 Å². The van der Waals surface area contributed by atoms with Crippen LogP contribution in [0, 0.1) is 0 Å². The first-order chi connectivity index (χ1) is 8.06. The highest BCUT2D eigenvalue weighted by Gasteiger charge is 2.13. The van der Waals surface area contributed by atoms with E-state index in [4.69, 9.17) is 10.5 Å². The van der Waals surface area contributed by atoms with E-state index in [0.29, 0.717) is 18.2 Å². The number of hydrogen-bond acceptors (Lipinski definition) is 4. The topological polar surface area (TPSA) is 56.3 Å². The smallest absolute Gasteiger partial charge is 0.235 e. The standard InChI is InChI=1S/C12H24N4O/c1-5-7-10-11(13)12(16(4)14-10)17-9-6-8-15(2)3/h5-9,13H2,1-4H3. The monoisotopic (exact) mass is 240 g/mol. The number of ether oxygens (including phenoxy) is 1. The van der Waals surface area contributed by atoms with Crippen LogP contribution in [0.1, 0.15) is 25.5 Å². The second-order valence-electron chi connectivity index (χ2n) is 4.54. The highest BCUT2D eigenvalue weighted by Crippen LogP contribution is 2.25. The van der Waals surface area contributed by atoms with Crippen molar-refractivity contribution in [2.45, 2.75) is 26.2 Å². The van der Waals surface area contributed by atoms with Gasteiger partial charge in [-0.15, -0.1) is 0 Å². The van der Waals surface area contributed by atoms with Crippen LogP contribution in [-0.2, 0) is 13.5 Å². The first kappa shape index (κ1) is 13.8. The van der Waals surface area contributed by atoms with Crippen LogP contribution in [0.4, 0.5) is 5.69 Å². The maximum absolute atomic E-state index is 6.01. The summed E-state index contributed by atoms with van der Waals surface area (Å²) in [5, 5.41) is 4.37. The molecule has 5 nitrogen and oxygen atoms in total. The fraction of sp³-hybridized carbons (Fsp3) is 0.750. The Morgan fingerprint density at radius 2 is 2.12 bits per heavy atom. The molecular formula is C12H24N4O. The van der Waals surface area contributed by atoms with Gasteiger partial charge in [-0.2, -0.15) is 5.10 Å². The van der Waals surface area contributed by atoms with Crippen molar-refractivity contribution in [3.05, 3.63) is 5.69 Å². The van der Waals surface area contributed by atoms with Gasteiger partial charge in [-0.3, -0.25) is 0 Å². The van der Waals surface area contributed by atoms with Crippen LogP contribution < -0.4 is 10.5 Å². The van der Waals surface area contributed by atoms with Crippen molar-refractivity contribution in [3.63, 3.8) is 0 Å². The first-order valence-electron chi connectivity index (χ1n) is 6.15. The van der Waals surface area contributed by atoms with Gasteiger partial charge in [-0.05, 0) is 26.9 Å². The molecule has 1 aromatic rings. The summed E-state index contributed by atoms with van der Waals surface area (Å²) in [6, 6.07) is 0. The molecule has 0 aliphatic carbocycles. The van der Waals surface area contributed by atoms with E-state index in [2.05, 4.69) is 31.0 Å². The van der Waals surface area contributed by atoms with E-state index >= 15 is 0 Å². The summed E-state index contributed by atoms with van der Waals surface area (Å²) in [4.78, 5) is 2.14. The maximum Gasteiger partial charge on any atom is 0.235 e. The summed E-state index contributed by atoms with van der Waals surface area (Å²) in [5.74, 6) is 0.701. The molecule has 0 spiro atoms. The normalized spacial score (nSPS) is 11.1. The van der Waals surface area contributed by atoms with E-state index in [1.54, 1.807) is 4.68 Å². The Morgan fingerprint density at radius 1 is 1.41 bits per heavy atom. The molecule has 0 aromatic carbocycles. The van der Waals surface area contributed by atoms with Crippen LogP contribution >= 0.6 is 0 Å². The average Bonchev–Trinajstić information content (AvgIpc) is 2.51. The Labute approximate surface area is 104 Å². The van der Waals surface area contributed by atoms with Gasteiger partial charge in [0, 0.05) is 13.6 Å². The van der Waals surface area contributed by atoms with Crippen molar-refractivity contribution in [2.75, 3.05) is 33.0 Å². The summed E-state index contributed by atoms with van der Waals surface area (Å²) < 4.78 is 7.43. The lowest BCUT2D eigenvalue weighted by Crippen LogP contribution is -2.16. The molecule has 0 aliphatic heterocycles. The third-order valence-corrected chi connectivity index (χ3v) is 2.58. The first-order valence-corrected chi connectivity index (χ1v) is 6.15. The molecule has 0 aliphatic rings. The molecule has 0 unspecified atom stereocenters. The quantitative estimate of drug-likeness (QED) is 0.730. The van der Waals surface area contributed by atoms with Crippen LogP contribution in [0.2, 0.25) is 0 Å². The second-order valence-corrected chi connectivity index (χ2v) is 4.54. The Kier molecular flexibility index (Phi) is 5.28. The molecule has 0 bridgehead atoms. The van der Waals surface area contributed by atoms with Crippen LogP contribution in [0.3, 0.4) is 0 Å². The number of nitrogens with zero attached hydrogens (tertiary/aromatic N) is 3. The molecule has 0 radical (unpaired) electrons. The minimum atomic E-state index is 0.674. The molecule has 2 N–H and O–H groups in total. The summed E-state index contributed by atoms with van der Waals surface area (Å²) in [6.07, 6.45) is 2.93. The molecule has 0 saturated heterocycles. The fourth-order valence-corrected chi connectivity index (χ4v) is 1.72. The highest BCUT2D eigenvalue weighted by atomic mass is 16.5. The van der Waals surface area contributed by atoms with Crippen LogP contribution in [-0.4, -0.2) is 41.9 Å². The zero-order valence-electron chi connectivity index (χ0n) is 11.4. The van der Waals surface area contributed by atoms with Crippen molar-refractivity contribution in [1.29, 1.82) is 0 Å². The Bertz CT molecular complexity index is 347. The average molecular weight is 240 g/mol. The third-order valence-electron chi connectivity index (χ3n) is 2.58.